The maximum absolute atomic E-state index is 8.90. The summed E-state index contributed by atoms with van der Waals surface area (Å²) in [6.45, 7) is 7.07. The lowest BCUT2D eigenvalue weighted by Crippen LogP contribution is -2.31. The molecule has 0 bridgehead atoms. The van der Waals surface area contributed by atoms with E-state index in [1.807, 2.05) is 0 Å². The molecule has 1 rings (SSSR count). The van der Waals surface area contributed by atoms with Gasteiger partial charge in [0.1, 0.15) is 0 Å². The molecule has 3 heteroatoms. The Morgan fingerprint density at radius 1 is 1.29 bits per heavy atom. The molecule has 0 saturated heterocycles. The van der Waals surface area contributed by atoms with Gasteiger partial charge in [-0.15, -0.1) is 0 Å². The van der Waals surface area contributed by atoms with Crippen LogP contribution in [0.2, 0.25) is 0 Å². The van der Waals surface area contributed by atoms with Gasteiger partial charge in [0, 0.05) is 32.3 Å². The Hall–Kier alpha value is -0.900. The molecule has 96 valence electrons. The minimum atomic E-state index is 0.256. The zero-order valence-electron chi connectivity index (χ0n) is 10.9. The summed E-state index contributed by atoms with van der Waals surface area (Å²) in [5.41, 5.74) is 8.11. The van der Waals surface area contributed by atoms with E-state index in [9.17, 15) is 0 Å². The number of aliphatic hydroxyl groups is 1. The Bertz CT molecular complexity index is 326. The van der Waals surface area contributed by atoms with Gasteiger partial charge in [0.25, 0.3) is 0 Å². The van der Waals surface area contributed by atoms with Gasteiger partial charge in [-0.05, 0) is 31.4 Å². The Balaban J connectivity index is 2.64. The highest BCUT2D eigenvalue weighted by Gasteiger charge is 2.09. The highest BCUT2D eigenvalue weighted by molar-refractivity contribution is 5.23. The summed E-state index contributed by atoms with van der Waals surface area (Å²) in [7, 11) is 0. The van der Waals surface area contributed by atoms with E-state index in [1.54, 1.807) is 0 Å². The summed E-state index contributed by atoms with van der Waals surface area (Å²) in [4.78, 5) is 2.37. The molecule has 0 aromatic heterocycles. The maximum atomic E-state index is 8.90. The molecule has 3 N–H and O–H groups in total. The van der Waals surface area contributed by atoms with Gasteiger partial charge in [0.2, 0.25) is 0 Å². The number of aliphatic hydroxyl groups excluding tert-OH is 1. The fourth-order valence-electron chi connectivity index (χ4n) is 1.88. The molecule has 1 aromatic carbocycles. The van der Waals surface area contributed by atoms with Gasteiger partial charge in [-0.25, -0.2) is 0 Å². The SMILES string of the molecule is CC(C)N(CCCO)Cc1cccc(CN)c1. The van der Waals surface area contributed by atoms with Crippen LogP contribution in [0.25, 0.3) is 0 Å². The van der Waals surface area contributed by atoms with Gasteiger partial charge in [0.15, 0.2) is 0 Å². The van der Waals surface area contributed by atoms with E-state index in [1.165, 1.54) is 11.1 Å². The first kappa shape index (κ1) is 14.2. The van der Waals surface area contributed by atoms with Crippen molar-refractivity contribution in [3.8, 4) is 0 Å². The fourth-order valence-corrected chi connectivity index (χ4v) is 1.88. The van der Waals surface area contributed by atoms with Crippen LogP contribution >= 0.6 is 0 Å². The average Bonchev–Trinajstić information content (AvgIpc) is 2.34. The standard InChI is InChI=1S/C14H24N2O/c1-12(2)16(7-4-8-17)11-14-6-3-5-13(9-14)10-15/h3,5-6,9,12,17H,4,7-8,10-11,15H2,1-2H3. The molecular weight excluding hydrogens is 212 g/mol. The molecule has 0 saturated carbocycles. The van der Waals surface area contributed by atoms with Crippen molar-refractivity contribution in [3.63, 3.8) is 0 Å². The van der Waals surface area contributed by atoms with E-state index in [2.05, 4.69) is 43.0 Å². The van der Waals surface area contributed by atoms with Gasteiger partial charge < -0.3 is 10.8 Å². The zero-order valence-corrected chi connectivity index (χ0v) is 10.9. The number of rotatable bonds is 7. The number of hydrogen-bond donors (Lipinski definition) is 2. The molecule has 17 heavy (non-hydrogen) atoms. The number of hydrogen-bond acceptors (Lipinski definition) is 3. The van der Waals surface area contributed by atoms with E-state index in [0.29, 0.717) is 12.6 Å². The summed E-state index contributed by atoms with van der Waals surface area (Å²) in [6.07, 6.45) is 0.828. The number of nitrogens with two attached hydrogens (primary N) is 1. The summed E-state index contributed by atoms with van der Waals surface area (Å²) >= 11 is 0. The van der Waals surface area contributed by atoms with E-state index in [-0.39, 0.29) is 6.61 Å². The largest absolute Gasteiger partial charge is 0.396 e. The third kappa shape index (κ3) is 4.86. The van der Waals surface area contributed by atoms with E-state index < -0.39 is 0 Å². The Labute approximate surface area is 104 Å². The smallest absolute Gasteiger partial charge is 0.0443 e. The second-order valence-corrected chi connectivity index (χ2v) is 4.67. The molecule has 0 unspecified atom stereocenters. The second kappa shape index (κ2) is 7.43. The van der Waals surface area contributed by atoms with E-state index in [4.69, 9.17) is 10.8 Å². The lowest BCUT2D eigenvalue weighted by molar-refractivity contribution is 0.185. The van der Waals surface area contributed by atoms with Gasteiger partial charge in [-0.2, -0.15) is 0 Å². The quantitative estimate of drug-likeness (QED) is 0.758. The molecular formula is C14H24N2O. The lowest BCUT2D eigenvalue weighted by Gasteiger charge is -2.26. The van der Waals surface area contributed by atoms with Gasteiger partial charge >= 0.3 is 0 Å². The molecule has 0 aliphatic carbocycles. The summed E-state index contributed by atoms with van der Waals surface area (Å²) in [5.74, 6) is 0. The average molecular weight is 236 g/mol. The van der Waals surface area contributed by atoms with Gasteiger partial charge in [-0.1, -0.05) is 24.3 Å². The van der Waals surface area contributed by atoms with Crippen LogP contribution in [-0.4, -0.2) is 29.2 Å². The molecule has 3 nitrogen and oxygen atoms in total. The van der Waals surface area contributed by atoms with Crippen LogP contribution in [0.15, 0.2) is 24.3 Å². The van der Waals surface area contributed by atoms with E-state index >= 15 is 0 Å². The molecule has 1 aromatic rings. The van der Waals surface area contributed by atoms with Gasteiger partial charge in [-0.3, -0.25) is 4.90 Å². The van der Waals surface area contributed by atoms with E-state index in [0.717, 1.165) is 19.5 Å². The zero-order chi connectivity index (χ0) is 12.7. The summed E-state index contributed by atoms with van der Waals surface area (Å²) < 4.78 is 0. The highest BCUT2D eigenvalue weighted by Crippen LogP contribution is 2.11. The third-order valence-corrected chi connectivity index (χ3v) is 2.95. The predicted molar refractivity (Wildman–Crippen MR) is 71.6 cm³/mol. The predicted octanol–water partition coefficient (Wildman–Crippen LogP) is 1.74. The van der Waals surface area contributed by atoms with Crippen molar-refractivity contribution >= 4 is 0 Å². The third-order valence-electron chi connectivity index (χ3n) is 2.95. The molecule has 0 amide bonds. The van der Waals surface area contributed by atoms with Crippen molar-refractivity contribution in [1.29, 1.82) is 0 Å². The second-order valence-electron chi connectivity index (χ2n) is 4.67. The minimum absolute atomic E-state index is 0.256. The molecule has 0 heterocycles. The molecule has 0 fully saturated rings. The molecule has 0 aliphatic heterocycles. The van der Waals surface area contributed by atoms with Crippen molar-refractivity contribution in [3.05, 3.63) is 35.4 Å². The molecule has 0 radical (unpaired) electrons. The summed E-state index contributed by atoms with van der Waals surface area (Å²) in [6, 6.07) is 8.89. The van der Waals surface area contributed by atoms with Crippen LogP contribution in [0.3, 0.4) is 0 Å². The number of benzene rings is 1. The van der Waals surface area contributed by atoms with Crippen LogP contribution in [-0.2, 0) is 13.1 Å². The maximum Gasteiger partial charge on any atom is 0.0443 e. The van der Waals surface area contributed by atoms with Crippen molar-refractivity contribution in [2.45, 2.75) is 39.4 Å². The van der Waals surface area contributed by atoms with Crippen molar-refractivity contribution < 1.29 is 5.11 Å². The summed E-state index contributed by atoms with van der Waals surface area (Å²) in [5, 5.41) is 8.90. The van der Waals surface area contributed by atoms with Crippen molar-refractivity contribution in [2.24, 2.45) is 5.73 Å². The Kier molecular flexibility index (Phi) is 6.19. The molecule has 0 atom stereocenters. The topological polar surface area (TPSA) is 49.5 Å². The lowest BCUT2D eigenvalue weighted by atomic mass is 10.1. The van der Waals surface area contributed by atoms with Gasteiger partial charge in [0.05, 0.1) is 0 Å². The van der Waals surface area contributed by atoms with Crippen LogP contribution in [0.1, 0.15) is 31.4 Å². The fraction of sp³-hybridized carbons (Fsp3) is 0.571. The first-order valence-electron chi connectivity index (χ1n) is 6.30. The van der Waals surface area contributed by atoms with Crippen molar-refractivity contribution in [1.82, 2.24) is 4.90 Å². The van der Waals surface area contributed by atoms with Crippen LogP contribution < -0.4 is 5.73 Å². The normalized spacial score (nSPS) is 11.4. The molecule has 0 aliphatic rings. The first-order valence-corrected chi connectivity index (χ1v) is 6.30. The molecule has 0 spiro atoms. The monoisotopic (exact) mass is 236 g/mol. The van der Waals surface area contributed by atoms with Crippen LogP contribution in [0.5, 0.6) is 0 Å². The van der Waals surface area contributed by atoms with Crippen LogP contribution in [0.4, 0.5) is 0 Å². The number of nitrogens with zero attached hydrogens (tertiary/aromatic N) is 1. The van der Waals surface area contributed by atoms with Crippen LogP contribution in [0, 0.1) is 0 Å². The minimum Gasteiger partial charge on any atom is -0.396 e. The first-order chi connectivity index (χ1) is 8.17. The van der Waals surface area contributed by atoms with Crippen molar-refractivity contribution in [2.75, 3.05) is 13.2 Å². The Morgan fingerprint density at radius 2 is 2.00 bits per heavy atom. The Morgan fingerprint density at radius 3 is 2.59 bits per heavy atom. The highest BCUT2D eigenvalue weighted by atomic mass is 16.3.